The highest BCUT2D eigenvalue weighted by Crippen LogP contribution is 2.22. The number of rotatable bonds is 6. The van der Waals surface area contributed by atoms with E-state index in [-0.39, 0.29) is 0 Å². The summed E-state index contributed by atoms with van der Waals surface area (Å²) >= 11 is 3.30. The van der Waals surface area contributed by atoms with E-state index in [4.69, 9.17) is 9.26 Å². The van der Waals surface area contributed by atoms with Crippen LogP contribution in [0.15, 0.2) is 39.7 Å². The molecule has 0 aliphatic rings. The summed E-state index contributed by atoms with van der Waals surface area (Å²) in [4.78, 5) is 8.68. The van der Waals surface area contributed by atoms with E-state index in [2.05, 4.69) is 15.1 Å². The first-order valence-corrected chi connectivity index (χ1v) is 8.37. The van der Waals surface area contributed by atoms with Gasteiger partial charge in [0.1, 0.15) is 5.75 Å². The van der Waals surface area contributed by atoms with Crippen molar-refractivity contribution in [2.75, 3.05) is 7.11 Å². The van der Waals surface area contributed by atoms with Gasteiger partial charge in [0.25, 0.3) is 5.89 Å². The molecule has 3 aromatic rings. The van der Waals surface area contributed by atoms with E-state index in [1.165, 1.54) is 0 Å². The van der Waals surface area contributed by atoms with Gasteiger partial charge in [0.05, 0.1) is 24.1 Å². The number of thioether (sulfide) groups is 1. The normalized spacial score (nSPS) is 10.7. The highest BCUT2D eigenvalue weighted by Gasteiger charge is 2.09. The average Bonchev–Trinajstić information content (AvgIpc) is 3.18. The molecule has 0 fully saturated rings. The lowest BCUT2D eigenvalue weighted by Gasteiger charge is -2.02. The van der Waals surface area contributed by atoms with Crippen molar-refractivity contribution >= 4 is 23.1 Å². The van der Waals surface area contributed by atoms with E-state index in [9.17, 15) is 0 Å². The second-order valence-electron chi connectivity index (χ2n) is 4.21. The fraction of sp³-hybridized carbons (Fsp3) is 0.214. The zero-order valence-electron chi connectivity index (χ0n) is 11.4. The number of nitrogens with zero attached hydrogens (tertiary/aromatic N) is 3. The van der Waals surface area contributed by atoms with Gasteiger partial charge in [0, 0.05) is 23.4 Å². The molecule has 0 aliphatic heterocycles. The lowest BCUT2D eigenvalue weighted by Crippen LogP contribution is -1.91. The lowest BCUT2D eigenvalue weighted by molar-refractivity contribution is 0.413. The van der Waals surface area contributed by atoms with E-state index in [1.54, 1.807) is 36.4 Å². The minimum Gasteiger partial charge on any atom is -0.497 e. The molecule has 0 bridgehead atoms. The summed E-state index contributed by atoms with van der Waals surface area (Å²) in [5, 5.41) is 7.97. The maximum atomic E-state index is 5.24. The topological polar surface area (TPSA) is 61.0 Å². The summed E-state index contributed by atoms with van der Waals surface area (Å²) in [5.74, 6) is 3.56. The molecule has 21 heavy (non-hydrogen) atoms. The lowest BCUT2D eigenvalue weighted by atomic mass is 10.3. The van der Waals surface area contributed by atoms with Gasteiger partial charge in [-0.2, -0.15) is 16.3 Å². The van der Waals surface area contributed by atoms with Crippen LogP contribution in [0.5, 0.6) is 5.75 Å². The summed E-state index contributed by atoms with van der Waals surface area (Å²) < 4.78 is 10.4. The molecule has 5 nitrogen and oxygen atoms in total. The SMILES string of the molecule is COc1ccnc(CSCc2noc(-c3ccsc3)n2)c1. The van der Waals surface area contributed by atoms with Crippen LogP contribution in [0.4, 0.5) is 0 Å². The molecule has 3 rings (SSSR count). The third-order valence-corrected chi connectivity index (χ3v) is 4.39. The zero-order chi connectivity index (χ0) is 14.5. The van der Waals surface area contributed by atoms with Crippen molar-refractivity contribution in [3.8, 4) is 17.2 Å². The van der Waals surface area contributed by atoms with E-state index >= 15 is 0 Å². The van der Waals surface area contributed by atoms with Gasteiger partial charge in [-0.25, -0.2) is 0 Å². The van der Waals surface area contributed by atoms with E-state index < -0.39 is 0 Å². The van der Waals surface area contributed by atoms with Crippen molar-refractivity contribution in [1.29, 1.82) is 0 Å². The fourth-order valence-corrected chi connectivity index (χ4v) is 3.12. The molecule has 0 saturated heterocycles. The molecule has 0 atom stereocenters. The molecule has 0 aliphatic carbocycles. The Morgan fingerprint density at radius 1 is 1.33 bits per heavy atom. The Morgan fingerprint density at radius 2 is 2.29 bits per heavy atom. The largest absolute Gasteiger partial charge is 0.497 e. The van der Waals surface area contributed by atoms with Gasteiger partial charge < -0.3 is 9.26 Å². The standard InChI is InChI=1S/C14H13N3O2S2/c1-18-12-2-4-15-11(6-12)8-21-9-13-16-14(19-17-13)10-3-5-20-7-10/h2-7H,8-9H2,1H3. The predicted molar refractivity (Wildman–Crippen MR) is 83.4 cm³/mol. The Hall–Kier alpha value is -1.86. The zero-order valence-corrected chi connectivity index (χ0v) is 13.0. The highest BCUT2D eigenvalue weighted by molar-refractivity contribution is 7.97. The molecule has 0 amide bonds. The summed E-state index contributed by atoms with van der Waals surface area (Å²) in [6.45, 7) is 0. The first-order valence-electron chi connectivity index (χ1n) is 6.27. The average molecular weight is 319 g/mol. The molecule has 0 spiro atoms. The molecule has 0 unspecified atom stereocenters. The molecule has 108 valence electrons. The second kappa shape index (κ2) is 6.73. The molecule has 3 heterocycles. The maximum Gasteiger partial charge on any atom is 0.258 e. The molecule has 3 aromatic heterocycles. The van der Waals surface area contributed by atoms with Gasteiger partial charge in [0.2, 0.25) is 0 Å². The van der Waals surface area contributed by atoms with Crippen molar-refractivity contribution in [1.82, 2.24) is 15.1 Å². The van der Waals surface area contributed by atoms with Crippen molar-refractivity contribution in [3.05, 3.63) is 46.7 Å². The third kappa shape index (κ3) is 3.62. The first-order chi connectivity index (χ1) is 10.3. The molecule has 0 saturated carbocycles. The van der Waals surface area contributed by atoms with E-state index in [0.29, 0.717) is 17.5 Å². The fourth-order valence-electron chi connectivity index (χ4n) is 1.72. The minimum atomic E-state index is 0.575. The van der Waals surface area contributed by atoms with Crippen LogP contribution in [0.2, 0.25) is 0 Å². The molecule has 0 N–H and O–H groups in total. The van der Waals surface area contributed by atoms with Crippen LogP contribution in [0.3, 0.4) is 0 Å². The van der Waals surface area contributed by atoms with Gasteiger partial charge >= 0.3 is 0 Å². The molecule has 0 radical (unpaired) electrons. The number of hydrogen-bond donors (Lipinski definition) is 0. The van der Waals surface area contributed by atoms with Crippen LogP contribution >= 0.6 is 23.1 Å². The van der Waals surface area contributed by atoms with Gasteiger partial charge in [-0.05, 0) is 17.5 Å². The second-order valence-corrected chi connectivity index (χ2v) is 5.97. The van der Waals surface area contributed by atoms with Crippen molar-refractivity contribution in [2.45, 2.75) is 11.5 Å². The van der Waals surface area contributed by atoms with E-state index in [0.717, 1.165) is 22.8 Å². The van der Waals surface area contributed by atoms with Crippen LogP contribution in [-0.2, 0) is 11.5 Å². The summed E-state index contributed by atoms with van der Waals surface area (Å²) in [5.41, 5.74) is 1.94. The van der Waals surface area contributed by atoms with Gasteiger partial charge in [-0.1, -0.05) is 5.16 Å². The van der Waals surface area contributed by atoms with Crippen molar-refractivity contribution in [2.24, 2.45) is 0 Å². The highest BCUT2D eigenvalue weighted by atomic mass is 32.2. The van der Waals surface area contributed by atoms with Crippen molar-refractivity contribution < 1.29 is 9.26 Å². The molecule has 0 aromatic carbocycles. The minimum absolute atomic E-state index is 0.575. The number of ether oxygens (including phenoxy) is 1. The summed E-state index contributed by atoms with van der Waals surface area (Å²) in [6.07, 6.45) is 1.75. The number of methoxy groups -OCH3 is 1. The number of aromatic nitrogens is 3. The Morgan fingerprint density at radius 3 is 3.10 bits per heavy atom. The molecule has 7 heteroatoms. The predicted octanol–water partition coefficient (Wildman–Crippen LogP) is 3.64. The maximum absolute atomic E-state index is 5.24. The molecular weight excluding hydrogens is 306 g/mol. The monoisotopic (exact) mass is 319 g/mol. The smallest absolute Gasteiger partial charge is 0.258 e. The number of thiophene rings is 1. The van der Waals surface area contributed by atoms with Crippen LogP contribution in [0.1, 0.15) is 11.5 Å². The summed E-state index contributed by atoms with van der Waals surface area (Å²) in [6, 6.07) is 5.73. The Kier molecular flexibility index (Phi) is 4.52. The number of pyridine rings is 1. The van der Waals surface area contributed by atoms with Crippen LogP contribution in [-0.4, -0.2) is 22.2 Å². The van der Waals surface area contributed by atoms with E-state index in [1.807, 2.05) is 29.0 Å². The summed E-state index contributed by atoms with van der Waals surface area (Å²) in [7, 11) is 1.65. The Labute approximate surface area is 130 Å². The molecular formula is C14H13N3O2S2. The quantitative estimate of drug-likeness (QED) is 0.691. The Balaban J connectivity index is 1.56. The van der Waals surface area contributed by atoms with Crippen LogP contribution in [0, 0.1) is 0 Å². The Bertz CT molecular complexity index is 698. The van der Waals surface area contributed by atoms with Gasteiger partial charge in [-0.15, -0.1) is 11.8 Å². The van der Waals surface area contributed by atoms with Crippen molar-refractivity contribution in [3.63, 3.8) is 0 Å². The van der Waals surface area contributed by atoms with Crippen LogP contribution in [0.25, 0.3) is 11.5 Å². The number of hydrogen-bond acceptors (Lipinski definition) is 7. The third-order valence-electron chi connectivity index (χ3n) is 2.74. The van der Waals surface area contributed by atoms with Gasteiger partial charge in [-0.3, -0.25) is 4.98 Å². The van der Waals surface area contributed by atoms with Gasteiger partial charge in [0.15, 0.2) is 5.82 Å². The van der Waals surface area contributed by atoms with Crippen LogP contribution < -0.4 is 4.74 Å². The first kappa shape index (κ1) is 14.1.